The summed E-state index contributed by atoms with van der Waals surface area (Å²) in [6.45, 7) is 16.5. The van der Waals surface area contributed by atoms with Crippen LogP contribution in [-0.2, 0) is 77.8 Å². The van der Waals surface area contributed by atoms with Gasteiger partial charge in [0.2, 0.25) is 23.8 Å². The Hall–Kier alpha value is -7.10. The molecular weight excluding hydrogens is 1510 g/mol. The standard InChI is InChI=1S/C26H39N11O13P2Si.C20H25N11O13P2.C6H15N/c1-26(2,3)53(4,5)50-17-16-11(47-23(17)37-9-31-14-19(37)33-25(29)35-21(14)39)7-45-51(40,41)48-15-10(6-44-52(42,43)49-16)46-22(12(15)27)36-8-30-13-18(36)32-24(28)34-20(13)38;21-7-11-5(41-17(7)30-3-24-8-13(30)26-19(22)28-15(8)33)1-39-46(37,38)44-12-6(2-40-45(35,36)43-11)42-18(10(12)32)31-4-25-9-14(31)27-20(23)29-16(9)34;1-4-7(5-2)6-3/h8-12,15-17,22-23H,6-7,27H2,1-5H3,(H,40,41)(H,42,43)(H3,28,32,34,38)(H3,29,33,35,39);3-7,10-12,17-18,32H,1-2,21H2,(H,35,36)(H,37,38)(H3,22,26,28,33)(H3,23,27,29,34);4-6H2,1-3H3/p-2/t10-,11-,12-,15-,16-,17-,22-,23-;5-,6-,7-,10-,11-,12-,17-,18-;/m11./s1. The maximum atomic E-state index is 13.7. The smallest absolute Gasteiger partial charge is 0.472 e. The number of aromatic nitrogens is 16. The molecule has 14 rings (SSSR count). The molecule has 0 spiro atoms. The second-order valence-corrected chi connectivity index (χ2v) is 36.6. The van der Waals surface area contributed by atoms with Gasteiger partial charge in [0.25, 0.3) is 37.9 Å². The maximum Gasteiger partial charge on any atom is 0.472 e. The number of aromatic amines is 4. The number of nitrogen functional groups attached to an aromatic ring is 4. The van der Waals surface area contributed by atoms with Crippen LogP contribution in [0.15, 0.2) is 44.5 Å². The lowest BCUT2D eigenvalue weighted by atomic mass is 10.1. The minimum atomic E-state index is -5.29. The first-order valence-electron chi connectivity index (χ1n) is 32.4. The third kappa shape index (κ3) is 15.9. The molecule has 6 saturated heterocycles. The molecule has 8 aromatic heterocycles. The van der Waals surface area contributed by atoms with Crippen LogP contribution in [0.1, 0.15) is 66.5 Å². The fourth-order valence-corrected chi connectivity index (χ4v) is 17.3. The van der Waals surface area contributed by atoms with E-state index in [4.69, 9.17) is 94.0 Å². The van der Waals surface area contributed by atoms with E-state index < -0.39 is 191 Å². The van der Waals surface area contributed by atoms with Crippen LogP contribution < -0.4 is 66.4 Å². The largest absolute Gasteiger partial charge is 0.756 e. The number of H-pyrrole nitrogens is 4. The second-order valence-electron chi connectivity index (χ2n) is 26.3. The van der Waals surface area contributed by atoms with Crippen molar-refractivity contribution in [1.29, 1.82) is 0 Å². The Morgan fingerprint density at radius 1 is 0.519 bits per heavy atom. The van der Waals surface area contributed by atoms with Gasteiger partial charge in [0.05, 0.1) is 63.8 Å². The van der Waals surface area contributed by atoms with Gasteiger partial charge in [-0.05, 0) is 37.8 Å². The molecule has 6 fully saturated rings. The van der Waals surface area contributed by atoms with Gasteiger partial charge in [-0.1, -0.05) is 41.5 Å². The Morgan fingerprint density at radius 3 is 1.17 bits per heavy atom. The van der Waals surface area contributed by atoms with Crippen molar-refractivity contribution < 1.29 is 103 Å². The van der Waals surface area contributed by atoms with Crippen LogP contribution in [-0.4, -0.2) is 225 Å². The van der Waals surface area contributed by atoms with E-state index in [1.807, 2.05) is 33.9 Å². The van der Waals surface area contributed by atoms with Gasteiger partial charge in [-0.3, -0.25) is 84.6 Å². The minimum Gasteiger partial charge on any atom is -0.756 e. The van der Waals surface area contributed by atoms with Crippen LogP contribution in [0.5, 0.6) is 0 Å². The van der Waals surface area contributed by atoms with Crippen molar-refractivity contribution in [2.75, 3.05) is 69.0 Å². The molecule has 14 heterocycles. The summed E-state index contributed by atoms with van der Waals surface area (Å²) in [7, 11) is -23.5. The van der Waals surface area contributed by atoms with E-state index in [-0.39, 0.29) is 68.4 Å². The van der Waals surface area contributed by atoms with Crippen LogP contribution in [0.3, 0.4) is 0 Å². The van der Waals surface area contributed by atoms with E-state index in [0.717, 1.165) is 17.2 Å². The van der Waals surface area contributed by atoms with Crippen LogP contribution >= 0.6 is 31.3 Å². The molecule has 106 heavy (non-hydrogen) atoms. The van der Waals surface area contributed by atoms with Crippen LogP contribution in [0.2, 0.25) is 18.1 Å². The number of nitrogens with zero attached hydrogens (tertiary/aromatic N) is 13. The van der Waals surface area contributed by atoms with Crippen molar-refractivity contribution in [3.63, 3.8) is 0 Å². The summed E-state index contributed by atoms with van der Waals surface area (Å²) in [6, 6.07) is -2.66. The maximum absolute atomic E-state index is 13.7. The minimum absolute atomic E-state index is 0.0127. The molecule has 49 nitrogen and oxygen atoms in total. The highest BCUT2D eigenvalue weighted by atomic mass is 31.2. The summed E-state index contributed by atoms with van der Waals surface area (Å²) >= 11 is 0. The molecule has 4 unspecified atom stereocenters. The first-order chi connectivity index (χ1) is 49.7. The Kier molecular flexibility index (Phi) is 22.0. The third-order valence-corrected chi connectivity index (χ3v) is 26.8. The number of hydrogen-bond acceptors (Lipinski definition) is 39. The summed E-state index contributed by atoms with van der Waals surface area (Å²) < 4.78 is 131. The predicted molar refractivity (Wildman–Crippen MR) is 362 cm³/mol. The van der Waals surface area contributed by atoms with Gasteiger partial charge >= 0.3 is 15.6 Å². The SMILES string of the molecule is CC(C)(C)[Si](C)(C)O[C@@H]1[C@@H]2OP(=O)(O)OC[C@H]3O[C@@H](n4cnc5c(=O)[nH]c(N)nc54)[C@H](N)[C@@H]3OP(=O)([O-])OC[C@H]2O[C@H]1n1cnc2c(=O)[nH]c(N)nc21.CCN(CC)CC.Nc1nc2c(ncn2[C@@H]2O[C@@H]3COP(=O)(O)O[C@H]4[C@@H](O)[C@H](n5cnc6c(=O)[nH]c(N)nc65)O[C@@H]4COP(=O)([O-])O[C@H]3[C@H]2N)c(=O)[nH]1. The molecule has 0 saturated carbocycles. The summed E-state index contributed by atoms with van der Waals surface area (Å²) in [4.78, 5) is 142. The number of hydrogen-bond donors (Lipinski definition) is 13. The summed E-state index contributed by atoms with van der Waals surface area (Å²) in [6.07, 6.45) is -15.9. The number of nitrogens with one attached hydrogen (secondary N) is 4. The zero-order valence-electron chi connectivity index (χ0n) is 57.3. The molecule has 6 aliphatic heterocycles. The van der Waals surface area contributed by atoms with Crippen molar-refractivity contribution in [3.8, 4) is 0 Å². The van der Waals surface area contributed by atoms with Crippen molar-refractivity contribution in [2.45, 2.75) is 158 Å². The number of phosphoric acid groups is 4. The van der Waals surface area contributed by atoms with Gasteiger partial charge in [-0.2, -0.15) is 19.9 Å². The van der Waals surface area contributed by atoms with Crippen molar-refractivity contribution >= 4 is 108 Å². The van der Waals surface area contributed by atoms with E-state index in [9.17, 15) is 62.1 Å². The average molecular weight is 1590 g/mol. The first-order valence-corrected chi connectivity index (χ1v) is 41.2. The highest BCUT2D eigenvalue weighted by molar-refractivity contribution is 7.47. The molecule has 0 aliphatic carbocycles. The normalized spacial score (nSPS) is 34.0. The highest BCUT2D eigenvalue weighted by Crippen LogP contribution is 2.56. The van der Waals surface area contributed by atoms with E-state index >= 15 is 0 Å². The Labute approximate surface area is 596 Å². The molecule has 582 valence electrons. The van der Waals surface area contributed by atoms with E-state index in [1.54, 1.807) is 0 Å². The lowest BCUT2D eigenvalue weighted by Gasteiger charge is -2.40. The summed E-state index contributed by atoms with van der Waals surface area (Å²) in [5, 5.41) is 10.7. The second kappa shape index (κ2) is 29.7. The fraction of sp³-hybridized carbons (Fsp3) is 0.615. The topological polar surface area (TPSA) is 709 Å². The van der Waals surface area contributed by atoms with E-state index in [0.29, 0.717) is 0 Å². The number of ether oxygens (including phenoxy) is 4. The van der Waals surface area contributed by atoms with Crippen molar-refractivity contribution in [3.05, 3.63) is 66.7 Å². The highest BCUT2D eigenvalue weighted by Gasteiger charge is 2.57. The number of fused-ring (bicyclic) bond motifs is 8. The number of nitrogens with two attached hydrogens (primary N) is 6. The molecule has 8 aromatic rings. The lowest BCUT2D eigenvalue weighted by molar-refractivity contribution is -0.236. The third-order valence-electron chi connectivity index (χ3n) is 18.5. The Bertz CT molecular complexity index is 4900. The van der Waals surface area contributed by atoms with Gasteiger partial charge in [0, 0.05) is 0 Å². The molecule has 19 N–H and O–H groups in total. The summed E-state index contributed by atoms with van der Waals surface area (Å²) in [5.41, 5.74) is 32.2. The quantitative estimate of drug-likeness (QED) is 0.0504. The van der Waals surface area contributed by atoms with Gasteiger partial charge < -0.3 is 105 Å². The molecular formula is C52H77N23O26P4Si-2. The Morgan fingerprint density at radius 2 is 0.821 bits per heavy atom. The molecule has 54 heteroatoms. The summed E-state index contributed by atoms with van der Waals surface area (Å²) in [5.74, 6) is -0.991. The van der Waals surface area contributed by atoms with Crippen LogP contribution in [0, 0.1) is 0 Å². The monoisotopic (exact) mass is 1590 g/mol. The van der Waals surface area contributed by atoms with Gasteiger partial charge in [0.15, 0.2) is 77.9 Å². The average Bonchev–Trinajstić information content (AvgIpc) is 1.61. The van der Waals surface area contributed by atoms with Crippen LogP contribution in [0.25, 0.3) is 44.7 Å². The number of imidazole rings is 4. The van der Waals surface area contributed by atoms with Gasteiger partial charge in [-0.25, -0.2) is 29.1 Å². The number of aliphatic hydroxyl groups excluding tert-OH is 1. The molecule has 0 amide bonds. The zero-order chi connectivity index (χ0) is 76.8. The molecule has 0 bridgehead atoms. The van der Waals surface area contributed by atoms with E-state index in [2.05, 4.69) is 85.5 Å². The van der Waals surface area contributed by atoms with Crippen molar-refractivity contribution in [2.24, 2.45) is 11.5 Å². The molecule has 0 aromatic carbocycles. The molecule has 0 radical (unpaired) electrons. The lowest BCUT2D eigenvalue weighted by Crippen LogP contribution is -2.49. The molecule has 6 aliphatic rings. The van der Waals surface area contributed by atoms with Gasteiger partial charge in [-0.15, -0.1) is 0 Å². The molecule has 20 atom stereocenters. The zero-order valence-corrected chi connectivity index (χ0v) is 61.9. The van der Waals surface area contributed by atoms with Crippen molar-refractivity contribution in [1.82, 2.24) is 83.0 Å². The fourth-order valence-electron chi connectivity index (χ4n) is 12.2. The number of aliphatic hydroxyl groups is 1. The Balaban J connectivity index is 0.000000184. The van der Waals surface area contributed by atoms with Gasteiger partial charge in [0.1, 0.15) is 61.0 Å². The number of anilines is 4. The number of phosphoric ester groups is 4. The first kappa shape index (κ1) is 78.5. The van der Waals surface area contributed by atoms with Crippen LogP contribution in [0.4, 0.5) is 23.8 Å². The predicted octanol–water partition coefficient (Wildman–Crippen LogP) is -3.05. The van der Waals surface area contributed by atoms with E-state index in [1.165, 1.54) is 46.0 Å². The number of rotatable bonds is 9.